The van der Waals surface area contributed by atoms with Crippen molar-refractivity contribution in [1.82, 2.24) is 19.4 Å². The fraction of sp³-hybridized carbons (Fsp3) is 0.345. The topological polar surface area (TPSA) is 85.4 Å². The minimum absolute atomic E-state index is 0.326. The van der Waals surface area contributed by atoms with Gasteiger partial charge in [-0.05, 0) is 56.3 Å². The van der Waals surface area contributed by atoms with E-state index in [4.69, 9.17) is 29.4 Å². The van der Waals surface area contributed by atoms with Crippen molar-refractivity contribution in [3.63, 3.8) is 0 Å². The van der Waals surface area contributed by atoms with Crippen molar-refractivity contribution in [3.05, 3.63) is 77.2 Å². The molecule has 4 aromatic rings. The van der Waals surface area contributed by atoms with Gasteiger partial charge in [-0.1, -0.05) is 18.2 Å². The van der Waals surface area contributed by atoms with Crippen LogP contribution in [0.25, 0.3) is 11.0 Å². The van der Waals surface area contributed by atoms with Crippen LogP contribution in [0.15, 0.2) is 54.6 Å². The van der Waals surface area contributed by atoms with Crippen LogP contribution >= 0.6 is 0 Å². The Hall–Kier alpha value is -4.09. The second kappa shape index (κ2) is 10.9. The van der Waals surface area contributed by atoms with Gasteiger partial charge in [0, 0.05) is 30.3 Å². The zero-order valence-corrected chi connectivity index (χ0v) is 21.5. The predicted octanol–water partition coefficient (Wildman–Crippen LogP) is 4.82. The summed E-state index contributed by atoms with van der Waals surface area (Å²) in [6.45, 7) is 3.11. The fourth-order valence-electron chi connectivity index (χ4n) is 4.95. The zero-order chi connectivity index (χ0) is 25.8. The number of likely N-dealkylation sites (tertiary alicyclic amines) is 1. The van der Waals surface area contributed by atoms with Gasteiger partial charge in [0.25, 0.3) is 0 Å². The number of hydrogen-bond acceptors (Lipinski definition) is 7. The average molecular weight is 498 g/mol. The van der Waals surface area contributed by atoms with E-state index < -0.39 is 0 Å². The number of aromatic nitrogens is 3. The number of nitrogens with zero attached hydrogens (tertiary/aromatic N) is 5. The molecule has 1 saturated heterocycles. The number of pyridine rings is 1. The van der Waals surface area contributed by atoms with E-state index >= 15 is 0 Å². The third kappa shape index (κ3) is 5.23. The van der Waals surface area contributed by atoms with Crippen LogP contribution < -0.4 is 14.2 Å². The van der Waals surface area contributed by atoms with Crippen LogP contribution in [-0.2, 0) is 20.2 Å². The summed E-state index contributed by atoms with van der Waals surface area (Å²) in [6.07, 6.45) is 2.07. The molecule has 0 amide bonds. The predicted molar refractivity (Wildman–Crippen MR) is 141 cm³/mol. The summed E-state index contributed by atoms with van der Waals surface area (Å²) in [7, 11) is 5.35. The van der Waals surface area contributed by atoms with Gasteiger partial charge in [-0.25, -0.2) is 9.97 Å². The number of benzene rings is 2. The molecule has 0 saturated carbocycles. The average Bonchev–Trinajstić information content (AvgIpc) is 3.27. The van der Waals surface area contributed by atoms with Crippen LogP contribution in [0.3, 0.4) is 0 Å². The molecule has 2 aromatic heterocycles. The molecule has 1 aliphatic heterocycles. The molecule has 0 atom stereocenters. The summed E-state index contributed by atoms with van der Waals surface area (Å²) in [4.78, 5) is 12.1. The Morgan fingerprint density at radius 2 is 1.76 bits per heavy atom. The minimum Gasteiger partial charge on any atom is -0.496 e. The smallest absolute Gasteiger partial charge is 0.213 e. The number of ether oxygens (including phenoxy) is 3. The van der Waals surface area contributed by atoms with Gasteiger partial charge in [-0.2, -0.15) is 5.26 Å². The second-order valence-corrected chi connectivity index (χ2v) is 9.29. The summed E-state index contributed by atoms with van der Waals surface area (Å²) in [5.41, 5.74) is 4.50. The lowest BCUT2D eigenvalue weighted by Gasteiger charge is -2.31. The van der Waals surface area contributed by atoms with Gasteiger partial charge in [0.2, 0.25) is 5.88 Å². The number of rotatable bonds is 8. The first-order valence-corrected chi connectivity index (χ1v) is 12.5. The van der Waals surface area contributed by atoms with E-state index in [0.717, 1.165) is 66.3 Å². The Labute approximate surface area is 217 Å². The number of para-hydroxylation sites is 1. The Morgan fingerprint density at radius 3 is 2.51 bits per heavy atom. The van der Waals surface area contributed by atoms with E-state index in [9.17, 15) is 0 Å². The molecule has 8 nitrogen and oxygen atoms in total. The van der Waals surface area contributed by atoms with Gasteiger partial charge in [0.1, 0.15) is 29.4 Å². The maximum Gasteiger partial charge on any atom is 0.213 e. The van der Waals surface area contributed by atoms with Crippen molar-refractivity contribution in [2.45, 2.75) is 31.9 Å². The molecule has 190 valence electrons. The summed E-state index contributed by atoms with van der Waals surface area (Å²) in [6, 6.07) is 19.5. The monoisotopic (exact) mass is 497 g/mol. The van der Waals surface area contributed by atoms with Gasteiger partial charge < -0.3 is 18.8 Å². The number of nitriles is 1. The van der Waals surface area contributed by atoms with Gasteiger partial charge >= 0.3 is 0 Å². The molecule has 0 unspecified atom stereocenters. The maximum atomic E-state index is 9.10. The Balaban J connectivity index is 1.20. The van der Waals surface area contributed by atoms with E-state index in [1.165, 1.54) is 0 Å². The standard InChI is InChI=1S/C29H31N5O3/c1-33-24-7-5-8-25(35-2)29(24)32-27(33)18-34-14-12-21(13-15-34)23-6-4-9-28(31-23)37-19-22-11-10-20(17-30)16-26(22)36-3/h4-11,16,21H,12-15,18-19H2,1-3H3. The van der Waals surface area contributed by atoms with Crippen molar-refractivity contribution in [2.24, 2.45) is 7.05 Å². The number of hydrogen-bond donors (Lipinski definition) is 0. The summed E-state index contributed by atoms with van der Waals surface area (Å²) in [5.74, 6) is 3.49. The first-order chi connectivity index (χ1) is 18.1. The fourth-order valence-corrected chi connectivity index (χ4v) is 4.95. The van der Waals surface area contributed by atoms with Crippen LogP contribution in [0, 0.1) is 11.3 Å². The highest BCUT2D eigenvalue weighted by Gasteiger charge is 2.23. The molecule has 8 heteroatoms. The Kier molecular flexibility index (Phi) is 7.24. The number of methoxy groups -OCH3 is 2. The van der Waals surface area contributed by atoms with E-state index in [2.05, 4.69) is 34.7 Å². The molecule has 2 aromatic carbocycles. The summed E-state index contributed by atoms with van der Waals surface area (Å²) in [5, 5.41) is 9.10. The van der Waals surface area contributed by atoms with Gasteiger partial charge in [0.05, 0.1) is 37.9 Å². The molecule has 0 bridgehead atoms. The van der Waals surface area contributed by atoms with Crippen LogP contribution in [0.4, 0.5) is 0 Å². The molecule has 1 fully saturated rings. The van der Waals surface area contributed by atoms with Gasteiger partial charge in [-0.3, -0.25) is 4.90 Å². The Bertz CT molecular complexity index is 1430. The lowest BCUT2D eigenvalue weighted by molar-refractivity contribution is 0.197. The van der Waals surface area contributed by atoms with Crippen molar-refractivity contribution in [3.8, 4) is 23.4 Å². The lowest BCUT2D eigenvalue weighted by Crippen LogP contribution is -2.33. The summed E-state index contributed by atoms with van der Waals surface area (Å²) >= 11 is 0. The van der Waals surface area contributed by atoms with Crippen LogP contribution in [0.2, 0.25) is 0 Å². The molecule has 0 N–H and O–H groups in total. The summed E-state index contributed by atoms with van der Waals surface area (Å²) < 4.78 is 19.1. The molecule has 0 spiro atoms. The quantitative estimate of drug-likeness (QED) is 0.345. The van der Waals surface area contributed by atoms with Crippen LogP contribution in [-0.4, -0.2) is 46.7 Å². The first kappa shape index (κ1) is 24.6. The number of aryl methyl sites for hydroxylation is 1. The number of fused-ring (bicyclic) bond motifs is 1. The SMILES string of the molecule is COc1cc(C#N)ccc1COc1cccc(C2CCN(Cc3nc4c(OC)cccc4n3C)CC2)n1. The zero-order valence-electron chi connectivity index (χ0n) is 21.5. The van der Waals surface area contributed by atoms with E-state index in [1.54, 1.807) is 26.4 Å². The molecular formula is C29H31N5O3. The Morgan fingerprint density at radius 1 is 0.973 bits per heavy atom. The number of piperidine rings is 1. The van der Waals surface area contributed by atoms with Crippen LogP contribution in [0.5, 0.6) is 17.4 Å². The van der Waals surface area contributed by atoms with Crippen molar-refractivity contribution in [2.75, 3.05) is 27.3 Å². The van der Waals surface area contributed by atoms with Crippen molar-refractivity contribution < 1.29 is 14.2 Å². The molecule has 1 aliphatic rings. The highest BCUT2D eigenvalue weighted by atomic mass is 16.5. The molecule has 0 aliphatic carbocycles. The third-order valence-electron chi connectivity index (χ3n) is 7.09. The van der Waals surface area contributed by atoms with E-state index in [1.807, 2.05) is 30.3 Å². The minimum atomic E-state index is 0.326. The van der Waals surface area contributed by atoms with Crippen molar-refractivity contribution >= 4 is 11.0 Å². The molecule has 37 heavy (non-hydrogen) atoms. The van der Waals surface area contributed by atoms with Gasteiger partial charge in [0.15, 0.2) is 0 Å². The first-order valence-electron chi connectivity index (χ1n) is 12.5. The third-order valence-corrected chi connectivity index (χ3v) is 7.09. The normalized spacial score (nSPS) is 14.4. The highest BCUT2D eigenvalue weighted by molar-refractivity contribution is 5.82. The van der Waals surface area contributed by atoms with E-state index in [0.29, 0.717) is 29.7 Å². The van der Waals surface area contributed by atoms with Gasteiger partial charge in [-0.15, -0.1) is 0 Å². The molecule has 0 radical (unpaired) electrons. The maximum absolute atomic E-state index is 9.10. The molecule has 3 heterocycles. The number of imidazole rings is 1. The van der Waals surface area contributed by atoms with E-state index in [-0.39, 0.29) is 0 Å². The highest BCUT2D eigenvalue weighted by Crippen LogP contribution is 2.30. The molecule has 5 rings (SSSR count). The largest absolute Gasteiger partial charge is 0.496 e. The van der Waals surface area contributed by atoms with Crippen molar-refractivity contribution in [1.29, 1.82) is 5.26 Å². The molecular weight excluding hydrogens is 466 g/mol. The van der Waals surface area contributed by atoms with Crippen LogP contribution in [0.1, 0.15) is 41.4 Å². The lowest BCUT2D eigenvalue weighted by atomic mass is 9.93. The second-order valence-electron chi connectivity index (χ2n) is 9.29.